The van der Waals surface area contributed by atoms with E-state index in [1.807, 2.05) is 54.6 Å². The van der Waals surface area contributed by atoms with E-state index in [2.05, 4.69) is 19.2 Å². The van der Waals surface area contributed by atoms with Crippen LogP contribution < -0.4 is 15.8 Å². The van der Waals surface area contributed by atoms with E-state index in [0.717, 1.165) is 16.9 Å². The zero-order valence-electron chi connectivity index (χ0n) is 14.8. The summed E-state index contributed by atoms with van der Waals surface area (Å²) in [6, 6.07) is 17.2. The second-order valence-corrected chi connectivity index (χ2v) is 6.35. The molecule has 0 saturated carbocycles. The van der Waals surface area contributed by atoms with E-state index in [-0.39, 0.29) is 30.8 Å². The first-order valence-corrected chi connectivity index (χ1v) is 8.33. The zero-order chi connectivity index (χ0) is 17.4. The second kappa shape index (κ2) is 10.7. The van der Waals surface area contributed by atoms with Gasteiger partial charge < -0.3 is 15.8 Å². The Hall–Kier alpha value is -2.04. The molecule has 0 aliphatic rings. The standard InChI is InChI=1S/C20H26N2O2.ClH/c1-15(2)14-24-18-10-6-7-16(11-18)13-22-20(23)12-19(21)17-8-4-3-5-9-17;/h3-11,15,19H,12-14,21H2,1-2H3,(H,22,23);1H. The highest BCUT2D eigenvalue weighted by atomic mass is 35.5. The number of nitrogens with two attached hydrogens (primary N) is 1. The molecule has 2 aromatic rings. The molecule has 5 heteroatoms. The molecule has 0 aromatic heterocycles. The van der Waals surface area contributed by atoms with Gasteiger partial charge in [-0.15, -0.1) is 12.4 Å². The first kappa shape index (κ1) is 21.0. The molecular weight excluding hydrogens is 336 g/mol. The molecule has 2 aromatic carbocycles. The zero-order valence-corrected chi connectivity index (χ0v) is 15.6. The molecule has 136 valence electrons. The van der Waals surface area contributed by atoms with Crippen molar-refractivity contribution in [1.29, 1.82) is 0 Å². The molecule has 0 heterocycles. The van der Waals surface area contributed by atoms with Crippen molar-refractivity contribution in [3.63, 3.8) is 0 Å². The molecule has 4 nitrogen and oxygen atoms in total. The fourth-order valence-electron chi connectivity index (χ4n) is 2.30. The molecule has 0 aliphatic carbocycles. The van der Waals surface area contributed by atoms with Crippen molar-refractivity contribution in [1.82, 2.24) is 5.32 Å². The molecule has 0 spiro atoms. The van der Waals surface area contributed by atoms with Crippen LogP contribution in [0.25, 0.3) is 0 Å². The van der Waals surface area contributed by atoms with Crippen molar-refractivity contribution >= 4 is 18.3 Å². The lowest BCUT2D eigenvalue weighted by atomic mass is 10.0. The summed E-state index contributed by atoms with van der Waals surface area (Å²) in [5.74, 6) is 1.25. The molecular formula is C20H27ClN2O2. The Bertz CT molecular complexity index is 647. The van der Waals surface area contributed by atoms with Crippen LogP contribution in [-0.2, 0) is 11.3 Å². The molecule has 0 aliphatic heterocycles. The highest BCUT2D eigenvalue weighted by Gasteiger charge is 2.11. The molecule has 1 atom stereocenters. The number of carbonyl (C=O) groups excluding carboxylic acids is 1. The lowest BCUT2D eigenvalue weighted by Gasteiger charge is -2.13. The number of benzene rings is 2. The lowest BCUT2D eigenvalue weighted by Crippen LogP contribution is -2.27. The summed E-state index contributed by atoms with van der Waals surface area (Å²) >= 11 is 0. The number of ether oxygens (including phenoxy) is 1. The third kappa shape index (κ3) is 7.59. The maximum atomic E-state index is 12.1. The second-order valence-electron chi connectivity index (χ2n) is 6.35. The monoisotopic (exact) mass is 362 g/mol. The van der Waals surface area contributed by atoms with Gasteiger partial charge in [0.2, 0.25) is 5.91 Å². The van der Waals surface area contributed by atoms with Gasteiger partial charge in [-0.3, -0.25) is 4.79 Å². The van der Waals surface area contributed by atoms with E-state index < -0.39 is 0 Å². The van der Waals surface area contributed by atoms with Gasteiger partial charge in [0.25, 0.3) is 0 Å². The Labute approximate surface area is 156 Å². The van der Waals surface area contributed by atoms with Crippen LogP contribution in [0.4, 0.5) is 0 Å². The van der Waals surface area contributed by atoms with Crippen LogP contribution in [0.1, 0.15) is 37.4 Å². The van der Waals surface area contributed by atoms with Crippen molar-refractivity contribution in [3.05, 3.63) is 65.7 Å². The summed E-state index contributed by atoms with van der Waals surface area (Å²) in [5, 5.41) is 2.92. The van der Waals surface area contributed by atoms with Crippen LogP contribution in [0.2, 0.25) is 0 Å². The summed E-state index contributed by atoms with van der Waals surface area (Å²) < 4.78 is 5.70. The average molecular weight is 363 g/mol. The number of carbonyl (C=O) groups is 1. The summed E-state index contributed by atoms with van der Waals surface area (Å²) in [6.07, 6.45) is 0.271. The third-order valence-corrected chi connectivity index (χ3v) is 3.60. The first-order chi connectivity index (χ1) is 11.5. The van der Waals surface area contributed by atoms with Gasteiger partial charge in [0.05, 0.1) is 6.61 Å². The Morgan fingerprint density at radius 1 is 1.12 bits per heavy atom. The van der Waals surface area contributed by atoms with Crippen LogP contribution in [0.15, 0.2) is 54.6 Å². The molecule has 0 radical (unpaired) electrons. The topological polar surface area (TPSA) is 64.3 Å². The normalized spacial score (nSPS) is 11.5. The van der Waals surface area contributed by atoms with Crippen molar-refractivity contribution in [3.8, 4) is 5.75 Å². The summed E-state index contributed by atoms with van der Waals surface area (Å²) in [7, 11) is 0. The van der Waals surface area contributed by atoms with E-state index in [0.29, 0.717) is 19.1 Å². The number of amides is 1. The summed E-state index contributed by atoms with van der Waals surface area (Å²) in [6.45, 7) is 5.38. The molecule has 1 unspecified atom stereocenters. The summed E-state index contributed by atoms with van der Waals surface area (Å²) in [5.41, 5.74) is 8.06. The number of hydrogen-bond acceptors (Lipinski definition) is 3. The van der Waals surface area contributed by atoms with Gasteiger partial charge in [-0.2, -0.15) is 0 Å². The molecule has 25 heavy (non-hydrogen) atoms. The molecule has 0 bridgehead atoms. The van der Waals surface area contributed by atoms with Crippen molar-refractivity contribution < 1.29 is 9.53 Å². The van der Waals surface area contributed by atoms with E-state index >= 15 is 0 Å². The minimum atomic E-state index is -0.285. The molecule has 1 amide bonds. The predicted octanol–water partition coefficient (Wildman–Crippen LogP) is 3.85. The van der Waals surface area contributed by atoms with Crippen LogP contribution in [0, 0.1) is 5.92 Å². The fraction of sp³-hybridized carbons (Fsp3) is 0.350. The molecule has 0 fully saturated rings. The average Bonchev–Trinajstić information content (AvgIpc) is 2.59. The maximum Gasteiger partial charge on any atom is 0.222 e. The fourth-order valence-corrected chi connectivity index (χ4v) is 2.30. The Balaban J connectivity index is 0.00000312. The highest BCUT2D eigenvalue weighted by molar-refractivity contribution is 5.85. The van der Waals surface area contributed by atoms with Gasteiger partial charge in [0.1, 0.15) is 5.75 Å². The van der Waals surface area contributed by atoms with Gasteiger partial charge in [0.15, 0.2) is 0 Å². The highest BCUT2D eigenvalue weighted by Crippen LogP contribution is 2.15. The SMILES string of the molecule is CC(C)COc1cccc(CNC(=O)CC(N)c2ccccc2)c1.Cl. The van der Waals surface area contributed by atoms with Gasteiger partial charge in [-0.1, -0.05) is 56.3 Å². The van der Waals surface area contributed by atoms with Crippen LogP contribution in [0.5, 0.6) is 5.75 Å². The van der Waals surface area contributed by atoms with Crippen molar-refractivity contribution in [2.75, 3.05) is 6.61 Å². The summed E-state index contributed by atoms with van der Waals surface area (Å²) in [4.78, 5) is 12.1. The Morgan fingerprint density at radius 3 is 2.52 bits per heavy atom. The first-order valence-electron chi connectivity index (χ1n) is 8.33. The van der Waals surface area contributed by atoms with E-state index in [9.17, 15) is 4.79 Å². The molecule has 2 rings (SSSR count). The molecule has 3 N–H and O–H groups in total. The number of rotatable bonds is 8. The number of hydrogen-bond donors (Lipinski definition) is 2. The van der Waals surface area contributed by atoms with Crippen LogP contribution in [0.3, 0.4) is 0 Å². The van der Waals surface area contributed by atoms with Gasteiger partial charge in [-0.25, -0.2) is 0 Å². The van der Waals surface area contributed by atoms with E-state index in [1.165, 1.54) is 0 Å². The van der Waals surface area contributed by atoms with Crippen LogP contribution >= 0.6 is 12.4 Å². The van der Waals surface area contributed by atoms with Gasteiger partial charge in [-0.05, 0) is 29.2 Å². The number of nitrogens with one attached hydrogen (secondary N) is 1. The Morgan fingerprint density at radius 2 is 1.84 bits per heavy atom. The Kier molecular flexibility index (Phi) is 9.03. The molecule has 0 saturated heterocycles. The van der Waals surface area contributed by atoms with Gasteiger partial charge in [0, 0.05) is 19.0 Å². The maximum absolute atomic E-state index is 12.1. The van der Waals surface area contributed by atoms with Gasteiger partial charge >= 0.3 is 0 Å². The van der Waals surface area contributed by atoms with Crippen molar-refractivity contribution in [2.45, 2.75) is 32.9 Å². The predicted molar refractivity (Wildman–Crippen MR) is 104 cm³/mol. The minimum absolute atomic E-state index is 0. The third-order valence-electron chi connectivity index (χ3n) is 3.60. The van der Waals surface area contributed by atoms with Crippen LogP contribution in [-0.4, -0.2) is 12.5 Å². The van der Waals surface area contributed by atoms with E-state index in [1.54, 1.807) is 0 Å². The lowest BCUT2D eigenvalue weighted by molar-refractivity contribution is -0.121. The van der Waals surface area contributed by atoms with Crippen molar-refractivity contribution in [2.24, 2.45) is 11.7 Å². The smallest absolute Gasteiger partial charge is 0.222 e. The van der Waals surface area contributed by atoms with E-state index in [4.69, 9.17) is 10.5 Å². The number of halogens is 1. The minimum Gasteiger partial charge on any atom is -0.493 e. The largest absolute Gasteiger partial charge is 0.493 e. The quantitative estimate of drug-likeness (QED) is 0.749.